The molecule has 0 spiro atoms. The highest BCUT2D eigenvalue weighted by Gasteiger charge is 2.13. The molecule has 2 aromatic heterocycles. The van der Waals surface area contributed by atoms with Crippen molar-refractivity contribution in [1.29, 1.82) is 0 Å². The van der Waals surface area contributed by atoms with Gasteiger partial charge in [0.2, 0.25) is 5.95 Å². The molecule has 2 aromatic carbocycles. The van der Waals surface area contributed by atoms with E-state index >= 15 is 0 Å². The summed E-state index contributed by atoms with van der Waals surface area (Å²) in [6.07, 6.45) is 3.12. The molecular weight excluding hydrogens is 387 g/mol. The van der Waals surface area contributed by atoms with Crippen LogP contribution >= 0.6 is 0 Å². The van der Waals surface area contributed by atoms with Crippen molar-refractivity contribution >= 4 is 11.9 Å². The van der Waals surface area contributed by atoms with Gasteiger partial charge in [0.1, 0.15) is 17.9 Å². The fraction of sp³-hybridized carbons (Fsp3) is 0.143. The second-order valence-corrected chi connectivity index (χ2v) is 6.63. The maximum Gasteiger partial charge on any atom is 0.278 e. The number of hydrogen-bond acceptors (Lipinski definition) is 5. The predicted octanol–water partition coefficient (Wildman–Crippen LogP) is 3.26. The molecule has 0 atom stereocenters. The van der Waals surface area contributed by atoms with Crippen LogP contribution in [0, 0.1) is 12.7 Å². The number of ether oxygens (including phenoxy) is 1. The van der Waals surface area contributed by atoms with Gasteiger partial charge in [-0.2, -0.15) is 5.10 Å². The zero-order chi connectivity index (χ0) is 20.9. The average Bonchev–Trinajstić information content (AvgIpc) is 3.37. The largest absolute Gasteiger partial charge is 0.471 e. The van der Waals surface area contributed by atoms with E-state index in [1.54, 1.807) is 24.4 Å². The van der Waals surface area contributed by atoms with Crippen LogP contribution in [-0.2, 0) is 13.3 Å². The SMILES string of the molecule is Cc1ccccc1OCn1ccc(C(=O)Nc2ncn(Cc3cccc(F)c3)n2)n1. The van der Waals surface area contributed by atoms with Gasteiger partial charge in [0.15, 0.2) is 12.4 Å². The molecule has 4 rings (SSSR count). The third-order valence-electron chi connectivity index (χ3n) is 4.31. The first-order valence-corrected chi connectivity index (χ1v) is 9.24. The minimum Gasteiger partial charge on any atom is -0.471 e. The van der Waals surface area contributed by atoms with Gasteiger partial charge in [-0.3, -0.25) is 10.1 Å². The Hall–Kier alpha value is -4.01. The standard InChI is InChI=1S/C21H19FN6O2/c1-15-5-2-3-8-19(15)30-14-27-10-9-18(25-27)20(29)24-21-23-13-28(26-21)12-16-6-4-7-17(22)11-16/h2-11,13H,12,14H2,1H3,(H,24,26,29). The Kier molecular flexibility index (Phi) is 5.51. The molecule has 0 aliphatic carbocycles. The van der Waals surface area contributed by atoms with Gasteiger partial charge >= 0.3 is 0 Å². The molecule has 0 saturated carbocycles. The Bertz CT molecular complexity index is 1170. The van der Waals surface area contributed by atoms with Crippen LogP contribution in [0.15, 0.2) is 67.1 Å². The number of anilines is 1. The Morgan fingerprint density at radius 2 is 1.97 bits per heavy atom. The number of para-hydroxylation sites is 1. The van der Waals surface area contributed by atoms with Gasteiger partial charge in [0.25, 0.3) is 5.91 Å². The molecule has 8 nitrogen and oxygen atoms in total. The number of aryl methyl sites for hydroxylation is 1. The number of amides is 1. The van der Waals surface area contributed by atoms with Crippen LogP contribution in [0.25, 0.3) is 0 Å². The lowest BCUT2D eigenvalue weighted by atomic mass is 10.2. The van der Waals surface area contributed by atoms with Crippen LogP contribution in [0.4, 0.5) is 10.3 Å². The van der Waals surface area contributed by atoms with Gasteiger partial charge in [-0.1, -0.05) is 30.3 Å². The van der Waals surface area contributed by atoms with Crippen LogP contribution in [0.3, 0.4) is 0 Å². The number of nitrogens with zero attached hydrogens (tertiary/aromatic N) is 5. The zero-order valence-electron chi connectivity index (χ0n) is 16.2. The van der Waals surface area contributed by atoms with Crippen LogP contribution in [0.2, 0.25) is 0 Å². The first-order valence-electron chi connectivity index (χ1n) is 9.24. The summed E-state index contributed by atoms with van der Waals surface area (Å²) in [5, 5.41) is 11.0. The molecule has 0 saturated heterocycles. The molecule has 2 heterocycles. The monoisotopic (exact) mass is 406 g/mol. The van der Waals surface area contributed by atoms with Crippen LogP contribution in [0.1, 0.15) is 21.6 Å². The second-order valence-electron chi connectivity index (χ2n) is 6.63. The Morgan fingerprint density at radius 3 is 2.80 bits per heavy atom. The normalized spacial score (nSPS) is 10.7. The van der Waals surface area contributed by atoms with E-state index in [1.807, 2.05) is 31.2 Å². The van der Waals surface area contributed by atoms with E-state index in [0.29, 0.717) is 6.54 Å². The first kappa shape index (κ1) is 19.3. The number of halogens is 1. The number of carbonyl (C=O) groups excluding carboxylic acids is 1. The highest BCUT2D eigenvalue weighted by atomic mass is 19.1. The lowest BCUT2D eigenvalue weighted by Crippen LogP contribution is -2.15. The second kappa shape index (κ2) is 8.56. The Balaban J connectivity index is 1.34. The van der Waals surface area contributed by atoms with Crippen LogP contribution < -0.4 is 10.1 Å². The summed E-state index contributed by atoms with van der Waals surface area (Å²) < 4.78 is 22.0. The molecule has 0 aliphatic rings. The molecule has 0 aliphatic heterocycles. The van der Waals surface area contributed by atoms with Gasteiger partial charge in [0, 0.05) is 6.20 Å². The van der Waals surface area contributed by atoms with E-state index in [9.17, 15) is 9.18 Å². The van der Waals surface area contributed by atoms with Crippen molar-refractivity contribution in [1.82, 2.24) is 24.5 Å². The van der Waals surface area contributed by atoms with Crippen LogP contribution in [0.5, 0.6) is 5.75 Å². The number of rotatable bonds is 7. The van der Waals surface area contributed by atoms with Crippen molar-refractivity contribution < 1.29 is 13.9 Å². The van der Waals surface area contributed by atoms with Gasteiger partial charge in [-0.05, 0) is 42.3 Å². The van der Waals surface area contributed by atoms with Crippen molar-refractivity contribution in [2.75, 3.05) is 5.32 Å². The summed E-state index contributed by atoms with van der Waals surface area (Å²) in [4.78, 5) is 16.5. The van der Waals surface area contributed by atoms with Gasteiger partial charge < -0.3 is 4.74 Å². The lowest BCUT2D eigenvalue weighted by Gasteiger charge is -2.08. The molecule has 0 radical (unpaired) electrons. The summed E-state index contributed by atoms with van der Waals surface area (Å²) in [5.41, 5.74) is 1.97. The number of carbonyl (C=O) groups is 1. The lowest BCUT2D eigenvalue weighted by molar-refractivity contribution is 0.101. The minimum absolute atomic E-state index is 0.141. The van der Waals surface area contributed by atoms with E-state index in [2.05, 4.69) is 20.5 Å². The van der Waals surface area contributed by atoms with Crippen molar-refractivity contribution in [3.8, 4) is 5.75 Å². The molecule has 30 heavy (non-hydrogen) atoms. The maximum atomic E-state index is 13.3. The van der Waals surface area contributed by atoms with Crippen molar-refractivity contribution in [3.05, 3.63) is 89.8 Å². The Morgan fingerprint density at radius 1 is 1.10 bits per heavy atom. The topological polar surface area (TPSA) is 86.9 Å². The molecule has 0 unspecified atom stereocenters. The number of aromatic nitrogens is 5. The quantitative estimate of drug-likeness (QED) is 0.509. The van der Waals surface area contributed by atoms with Crippen LogP contribution in [-0.4, -0.2) is 30.5 Å². The van der Waals surface area contributed by atoms with Gasteiger partial charge in [-0.15, -0.1) is 5.10 Å². The molecule has 9 heteroatoms. The average molecular weight is 406 g/mol. The molecule has 0 bridgehead atoms. The molecule has 0 fully saturated rings. The third-order valence-corrected chi connectivity index (χ3v) is 4.31. The van der Waals surface area contributed by atoms with Crippen molar-refractivity contribution in [3.63, 3.8) is 0 Å². The Labute approximate surface area is 171 Å². The van der Waals surface area contributed by atoms with Crippen molar-refractivity contribution in [2.24, 2.45) is 0 Å². The molecule has 1 N–H and O–H groups in total. The molecule has 1 amide bonds. The fourth-order valence-electron chi connectivity index (χ4n) is 2.82. The number of nitrogens with one attached hydrogen (secondary N) is 1. The van der Waals surface area contributed by atoms with Gasteiger partial charge in [0.05, 0.1) is 6.54 Å². The number of hydrogen-bond donors (Lipinski definition) is 1. The molecule has 4 aromatic rings. The summed E-state index contributed by atoms with van der Waals surface area (Å²) in [6, 6.07) is 15.5. The maximum absolute atomic E-state index is 13.3. The summed E-state index contributed by atoms with van der Waals surface area (Å²) in [6.45, 7) is 2.47. The first-order chi connectivity index (χ1) is 14.6. The summed E-state index contributed by atoms with van der Waals surface area (Å²) in [7, 11) is 0. The third kappa shape index (κ3) is 4.69. The molecular formula is C21H19FN6O2. The smallest absolute Gasteiger partial charge is 0.278 e. The summed E-state index contributed by atoms with van der Waals surface area (Å²) in [5.74, 6) is 0.144. The highest BCUT2D eigenvalue weighted by molar-refractivity contribution is 6.01. The van der Waals surface area contributed by atoms with E-state index in [1.165, 1.54) is 27.8 Å². The minimum atomic E-state index is -0.437. The summed E-state index contributed by atoms with van der Waals surface area (Å²) >= 11 is 0. The predicted molar refractivity (Wildman–Crippen MR) is 108 cm³/mol. The van der Waals surface area contributed by atoms with E-state index in [4.69, 9.17) is 4.74 Å². The number of benzene rings is 2. The van der Waals surface area contributed by atoms with E-state index < -0.39 is 5.91 Å². The molecule has 152 valence electrons. The fourth-order valence-corrected chi connectivity index (χ4v) is 2.82. The van der Waals surface area contributed by atoms with Gasteiger partial charge in [-0.25, -0.2) is 18.7 Å². The van der Waals surface area contributed by atoms with Crippen molar-refractivity contribution in [2.45, 2.75) is 20.2 Å². The zero-order valence-corrected chi connectivity index (χ0v) is 16.2. The van der Waals surface area contributed by atoms with E-state index in [-0.39, 0.29) is 24.2 Å². The highest BCUT2D eigenvalue weighted by Crippen LogP contribution is 2.16. The van der Waals surface area contributed by atoms with E-state index in [0.717, 1.165) is 16.9 Å².